The van der Waals surface area contributed by atoms with Crippen LogP contribution in [0.4, 0.5) is 11.4 Å². The van der Waals surface area contributed by atoms with Gasteiger partial charge in [0.25, 0.3) is 0 Å². The summed E-state index contributed by atoms with van der Waals surface area (Å²) in [5.41, 5.74) is 0.831. The third-order valence-electron chi connectivity index (χ3n) is 3.85. The van der Waals surface area contributed by atoms with E-state index in [0.717, 1.165) is 10.6 Å². The van der Waals surface area contributed by atoms with Crippen molar-refractivity contribution in [2.75, 3.05) is 42.7 Å². The van der Waals surface area contributed by atoms with Crippen LogP contribution in [-0.2, 0) is 14.8 Å². The first-order valence-corrected chi connectivity index (χ1v) is 10.0. The highest BCUT2D eigenvalue weighted by Crippen LogP contribution is 2.32. The molecular formula is C18H20N2O6S. The van der Waals surface area contributed by atoms with Crippen molar-refractivity contribution in [2.24, 2.45) is 0 Å². The average molecular weight is 392 g/mol. The zero-order chi connectivity index (χ0) is 19.4. The Morgan fingerprint density at radius 3 is 2.59 bits per heavy atom. The lowest BCUT2D eigenvalue weighted by Crippen LogP contribution is -2.37. The summed E-state index contributed by atoms with van der Waals surface area (Å²) >= 11 is 0. The highest BCUT2D eigenvalue weighted by atomic mass is 32.2. The fourth-order valence-electron chi connectivity index (χ4n) is 2.62. The molecule has 8 nitrogen and oxygen atoms in total. The molecular weight excluding hydrogens is 372 g/mol. The van der Waals surface area contributed by atoms with E-state index in [2.05, 4.69) is 5.32 Å². The second-order valence-electron chi connectivity index (χ2n) is 5.88. The summed E-state index contributed by atoms with van der Waals surface area (Å²) in [6, 6.07) is 11.5. The molecule has 0 radical (unpaired) electrons. The smallest absolute Gasteiger partial charge is 0.245 e. The molecule has 2 aromatic rings. The Morgan fingerprint density at radius 1 is 1.15 bits per heavy atom. The predicted octanol–water partition coefficient (Wildman–Crippen LogP) is 1.87. The molecule has 0 saturated carbocycles. The van der Waals surface area contributed by atoms with E-state index >= 15 is 0 Å². The highest BCUT2D eigenvalue weighted by Gasteiger charge is 2.22. The van der Waals surface area contributed by atoms with Crippen molar-refractivity contribution in [2.45, 2.75) is 0 Å². The number of nitrogens with zero attached hydrogens (tertiary/aromatic N) is 1. The minimum atomic E-state index is -3.67. The van der Waals surface area contributed by atoms with Crippen molar-refractivity contribution in [1.82, 2.24) is 0 Å². The number of anilines is 2. The lowest BCUT2D eigenvalue weighted by molar-refractivity contribution is -0.114. The molecule has 3 rings (SSSR count). The summed E-state index contributed by atoms with van der Waals surface area (Å²) in [5, 5.41) is 2.68. The van der Waals surface area contributed by atoms with Gasteiger partial charge in [0.1, 0.15) is 25.5 Å². The number of carbonyl (C=O) groups is 1. The van der Waals surface area contributed by atoms with Gasteiger partial charge in [0, 0.05) is 17.8 Å². The number of nitrogens with one attached hydrogen (secondary N) is 1. The summed E-state index contributed by atoms with van der Waals surface area (Å²) in [7, 11) is -2.19. The Bertz CT molecular complexity index is 945. The van der Waals surface area contributed by atoms with E-state index in [1.807, 2.05) is 0 Å². The van der Waals surface area contributed by atoms with Crippen LogP contribution in [-0.4, -0.2) is 47.4 Å². The summed E-state index contributed by atoms with van der Waals surface area (Å²) in [6.07, 6.45) is 1.05. The van der Waals surface area contributed by atoms with Crippen LogP contribution in [0.25, 0.3) is 0 Å². The molecule has 9 heteroatoms. The van der Waals surface area contributed by atoms with Crippen molar-refractivity contribution in [3.05, 3.63) is 42.5 Å². The lowest BCUT2D eigenvalue weighted by Gasteiger charge is -2.23. The molecule has 1 heterocycles. The van der Waals surface area contributed by atoms with Gasteiger partial charge < -0.3 is 19.5 Å². The molecule has 1 amide bonds. The minimum Gasteiger partial charge on any atom is -0.497 e. The molecule has 0 spiro atoms. The fraction of sp³-hybridized carbons (Fsp3) is 0.278. The second kappa shape index (κ2) is 7.75. The molecule has 1 aliphatic rings. The van der Waals surface area contributed by atoms with Crippen LogP contribution in [0.5, 0.6) is 17.2 Å². The first kappa shape index (κ1) is 18.8. The Hall–Kier alpha value is -2.94. The largest absolute Gasteiger partial charge is 0.497 e. The number of fused-ring (bicyclic) bond motifs is 1. The standard InChI is InChI=1S/C18H20N2O6S/c1-24-15-5-3-4-14(11-15)20(27(2,22)23)12-18(21)19-13-6-7-16-17(10-13)26-9-8-25-16/h3-7,10-11H,8-9,12H2,1-2H3,(H,19,21). The maximum Gasteiger partial charge on any atom is 0.245 e. The van der Waals surface area contributed by atoms with E-state index in [1.165, 1.54) is 7.11 Å². The molecule has 27 heavy (non-hydrogen) atoms. The van der Waals surface area contributed by atoms with Crippen molar-refractivity contribution in [3.63, 3.8) is 0 Å². The minimum absolute atomic E-state index is 0.342. The van der Waals surface area contributed by atoms with Crippen LogP contribution < -0.4 is 23.8 Å². The molecule has 144 valence electrons. The molecule has 0 aromatic heterocycles. The topological polar surface area (TPSA) is 94.2 Å². The monoisotopic (exact) mass is 392 g/mol. The number of methoxy groups -OCH3 is 1. The van der Waals surface area contributed by atoms with Gasteiger partial charge in [-0.2, -0.15) is 0 Å². The summed E-state index contributed by atoms with van der Waals surface area (Å²) in [6.45, 7) is 0.533. The highest BCUT2D eigenvalue weighted by molar-refractivity contribution is 7.92. The van der Waals surface area contributed by atoms with Gasteiger partial charge in [-0.25, -0.2) is 8.42 Å². The number of hydrogen-bond donors (Lipinski definition) is 1. The van der Waals surface area contributed by atoms with E-state index in [-0.39, 0.29) is 6.54 Å². The van der Waals surface area contributed by atoms with E-state index in [0.29, 0.717) is 41.8 Å². The van der Waals surface area contributed by atoms with Crippen molar-refractivity contribution < 1.29 is 27.4 Å². The van der Waals surface area contributed by atoms with E-state index < -0.39 is 15.9 Å². The maximum atomic E-state index is 12.4. The molecule has 0 atom stereocenters. The van der Waals surface area contributed by atoms with Crippen LogP contribution in [0.2, 0.25) is 0 Å². The predicted molar refractivity (Wildman–Crippen MR) is 101 cm³/mol. The Morgan fingerprint density at radius 2 is 1.89 bits per heavy atom. The third kappa shape index (κ3) is 4.62. The van der Waals surface area contributed by atoms with Crippen LogP contribution in [0, 0.1) is 0 Å². The van der Waals surface area contributed by atoms with E-state index in [9.17, 15) is 13.2 Å². The number of carbonyl (C=O) groups excluding carboxylic acids is 1. The third-order valence-corrected chi connectivity index (χ3v) is 5.00. The van der Waals surface area contributed by atoms with Crippen molar-refractivity contribution in [1.29, 1.82) is 0 Å². The Labute approximate surface area is 157 Å². The van der Waals surface area contributed by atoms with Crippen LogP contribution in [0.3, 0.4) is 0 Å². The SMILES string of the molecule is COc1cccc(N(CC(=O)Nc2ccc3c(c2)OCCO3)S(C)(=O)=O)c1. The van der Waals surface area contributed by atoms with Crippen molar-refractivity contribution >= 4 is 27.3 Å². The molecule has 1 aliphatic heterocycles. The zero-order valence-corrected chi connectivity index (χ0v) is 15.8. The number of amides is 1. The normalized spacial score (nSPS) is 13.0. The first-order chi connectivity index (χ1) is 12.9. The van der Waals surface area contributed by atoms with Crippen LogP contribution in [0.1, 0.15) is 0 Å². The van der Waals surface area contributed by atoms with Gasteiger partial charge in [-0.3, -0.25) is 9.10 Å². The number of sulfonamides is 1. The quantitative estimate of drug-likeness (QED) is 0.807. The van der Waals surface area contributed by atoms with E-state index in [1.54, 1.807) is 42.5 Å². The molecule has 0 aliphatic carbocycles. The van der Waals surface area contributed by atoms with Gasteiger partial charge in [-0.1, -0.05) is 6.07 Å². The molecule has 0 bridgehead atoms. The van der Waals surface area contributed by atoms with E-state index in [4.69, 9.17) is 14.2 Å². The van der Waals surface area contributed by atoms with Gasteiger partial charge in [0.05, 0.1) is 19.1 Å². The molecule has 0 unspecified atom stereocenters. The lowest BCUT2D eigenvalue weighted by atomic mass is 10.2. The summed E-state index contributed by atoms with van der Waals surface area (Å²) in [4.78, 5) is 12.4. The van der Waals surface area contributed by atoms with Gasteiger partial charge in [0.15, 0.2) is 11.5 Å². The summed E-state index contributed by atoms with van der Waals surface area (Å²) in [5.74, 6) is 1.15. The average Bonchev–Trinajstić information content (AvgIpc) is 2.65. The van der Waals surface area contributed by atoms with Crippen LogP contribution >= 0.6 is 0 Å². The number of rotatable bonds is 6. The van der Waals surface area contributed by atoms with Gasteiger partial charge >= 0.3 is 0 Å². The van der Waals surface area contributed by atoms with Crippen molar-refractivity contribution in [3.8, 4) is 17.2 Å². The summed E-state index contributed by atoms with van der Waals surface area (Å²) < 4.78 is 41.4. The first-order valence-electron chi connectivity index (χ1n) is 8.18. The van der Waals surface area contributed by atoms with Gasteiger partial charge in [-0.15, -0.1) is 0 Å². The molecule has 0 saturated heterocycles. The maximum absolute atomic E-state index is 12.4. The van der Waals surface area contributed by atoms with Gasteiger partial charge in [-0.05, 0) is 24.3 Å². The van der Waals surface area contributed by atoms with Crippen LogP contribution in [0.15, 0.2) is 42.5 Å². The zero-order valence-electron chi connectivity index (χ0n) is 15.0. The molecule has 0 fully saturated rings. The molecule has 1 N–H and O–H groups in total. The second-order valence-corrected chi connectivity index (χ2v) is 7.78. The number of benzene rings is 2. The fourth-order valence-corrected chi connectivity index (χ4v) is 3.47. The number of hydrogen-bond acceptors (Lipinski definition) is 6. The Kier molecular flexibility index (Phi) is 5.41. The molecule has 2 aromatic carbocycles. The Balaban J connectivity index is 1.77. The number of ether oxygens (including phenoxy) is 3. The van der Waals surface area contributed by atoms with Gasteiger partial charge in [0.2, 0.25) is 15.9 Å².